The Kier molecular flexibility index (Phi) is 5.41. The van der Waals surface area contributed by atoms with Crippen molar-refractivity contribution in [3.05, 3.63) is 40.6 Å². The number of anilines is 1. The predicted octanol–water partition coefficient (Wildman–Crippen LogP) is 3.10. The van der Waals surface area contributed by atoms with Crippen LogP contribution in [0.4, 0.5) is 5.69 Å². The Bertz CT molecular complexity index is 790. The molecule has 2 fully saturated rings. The highest BCUT2D eigenvalue weighted by atomic mass is 35.5. The molecule has 1 N–H and O–H groups in total. The Morgan fingerprint density at radius 3 is 2.41 bits per heavy atom. The molecule has 0 spiro atoms. The van der Waals surface area contributed by atoms with Gasteiger partial charge in [-0.3, -0.25) is 4.79 Å². The number of rotatable bonds is 3. The lowest BCUT2D eigenvalue weighted by Crippen LogP contribution is -2.42. The molecule has 0 unspecified atom stereocenters. The first-order valence-electron chi connectivity index (χ1n) is 8.79. The molecule has 27 heavy (non-hydrogen) atoms. The van der Waals surface area contributed by atoms with Gasteiger partial charge in [0.2, 0.25) is 0 Å². The quantitative estimate of drug-likeness (QED) is 0.483. The number of hydrogen-bond acceptors (Lipinski definition) is 6. The van der Waals surface area contributed by atoms with Gasteiger partial charge in [0.15, 0.2) is 5.57 Å². The fourth-order valence-electron chi connectivity index (χ4n) is 2.98. The standard InChI is InChI=1S/C19H21ClN2O5/c1-19(2)26-17(24)13(18(25)27-19)11-21-15-10-12(6-7-14(15)20)16(23)22-8-4-3-5-9-22/h6-7,10-11,21H,3-5,8-9H2,1-2H3. The highest BCUT2D eigenvalue weighted by molar-refractivity contribution is 6.33. The molecule has 0 radical (unpaired) electrons. The van der Waals surface area contributed by atoms with Gasteiger partial charge in [0.1, 0.15) is 0 Å². The first kappa shape index (κ1) is 19.2. The highest BCUT2D eigenvalue weighted by Gasteiger charge is 2.39. The molecule has 2 aliphatic heterocycles. The van der Waals surface area contributed by atoms with Gasteiger partial charge >= 0.3 is 11.9 Å². The van der Waals surface area contributed by atoms with Crippen LogP contribution in [0.3, 0.4) is 0 Å². The number of amides is 1. The fourth-order valence-corrected chi connectivity index (χ4v) is 3.15. The zero-order chi connectivity index (χ0) is 19.6. The van der Waals surface area contributed by atoms with Gasteiger partial charge in [-0.15, -0.1) is 0 Å². The van der Waals surface area contributed by atoms with Crippen molar-refractivity contribution < 1.29 is 23.9 Å². The lowest BCUT2D eigenvalue weighted by atomic mass is 10.1. The lowest BCUT2D eigenvalue weighted by Gasteiger charge is -2.29. The van der Waals surface area contributed by atoms with Crippen LogP contribution in [0.15, 0.2) is 30.0 Å². The van der Waals surface area contributed by atoms with Crippen LogP contribution in [0.5, 0.6) is 0 Å². The van der Waals surface area contributed by atoms with Gasteiger partial charge in [-0.1, -0.05) is 11.6 Å². The molecule has 8 heteroatoms. The Labute approximate surface area is 162 Å². The smallest absolute Gasteiger partial charge is 0.350 e. The molecule has 1 aromatic carbocycles. The monoisotopic (exact) mass is 392 g/mol. The maximum absolute atomic E-state index is 12.6. The molecular formula is C19H21ClN2O5. The van der Waals surface area contributed by atoms with Crippen LogP contribution in [-0.2, 0) is 19.1 Å². The number of likely N-dealkylation sites (tertiary alicyclic amines) is 1. The first-order chi connectivity index (χ1) is 12.8. The minimum absolute atomic E-state index is 0.0692. The van der Waals surface area contributed by atoms with Gasteiger partial charge in [0, 0.05) is 38.7 Å². The third kappa shape index (κ3) is 4.42. The number of ether oxygens (including phenoxy) is 2. The summed E-state index contributed by atoms with van der Waals surface area (Å²) in [5.41, 5.74) is 0.604. The van der Waals surface area contributed by atoms with E-state index in [1.807, 2.05) is 4.90 Å². The normalized spacial score (nSPS) is 19.2. The third-order valence-electron chi connectivity index (χ3n) is 4.35. The number of carbonyl (C=O) groups is 3. The van der Waals surface area contributed by atoms with Crippen molar-refractivity contribution in [2.24, 2.45) is 0 Å². The zero-order valence-corrected chi connectivity index (χ0v) is 16.0. The number of piperidine rings is 1. The van der Waals surface area contributed by atoms with E-state index in [-0.39, 0.29) is 11.5 Å². The van der Waals surface area contributed by atoms with Crippen molar-refractivity contribution in [3.63, 3.8) is 0 Å². The molecule has 2 heterocycles. The molecule has 3 rings (SSSR count). The minimum Gasteiger partial charge on any atom is -0.419 e. The molecule has 0 aliphatic carbocycles. The van der Waals surface area contributed by atoms with Crippen molar-refractivity contribution >= 4 is 35.1 Å². The Morgan fingerprint density at radius 2 is 1.78 bits per heavy atom. The van der Waals surface area contributed by atoms with Crippen LogP contribution in [0.1, 0.15) is 43.5 Å². The van der Waals surface area contributed by atoms with Gasteiger partial charge in [-0.25, -0.2) is 9.59 Å². The second-order valence-electron chi connectivity index (χ2n) is 6.93. The third-order valence-corrected chi connectivity index (χ3v) is 4.67. The van der Waals surface area contributed by atoms with Crippen molar-refractivity contribution in [1.82, 2.24) is 4.90 Å². The van der Waals surface area contributed by atoms with Crippen LogP contribution < -0.4 is 5.32 Å². The first-order valence-corrected chi connectivity index (χ1v) is 9.17. The molecule has 0 saturated carbocycles. The van der Waals surface area contributed by atoms with E-state index >= 15 is 0 Å². The SMILES string of the molecule is CC1(C)OC(=O)C(=CNc2cc(C(=O)N3CCCCC3)ccc2Cl)C(=O)O1. The molecule has 1 amide bonds. The Hall–Kier alpha value is -2.54. The number of carbonyl (C=O) groups excluding carboxylic acids is 3. The summed E-state index contributed by atoms with van der Waals surface area (Å²) in [6.07, 6.45) is 4.30. The topological polar surface area (TPSA) is 84.9 Å². The average Bonchev–Trinajstić information content (AvgIpc) is 2.61. The summed E-state index contributed by atoms with van der Waals surface area (Å²) in [4.78, 5) is 38.4. The molecule has 7 nitrogen and oxygen atoms in total. The predicted molar refractivity (Wildman–Crippen MR) is 99.2 cm³/mol. The average molecular weight is 393 g/mol. The highest BCUT2D eigenvalue weighted by Crippen LogP contribution is 2.26. The van der Waals surface area contributed by atoms with Gasteiger partial charge in [-0.2, -0.15) is 0 Å². The van der Waals surface area contributed by atoms with E-state index < -0.39 is 17.7 Å². The van der Waals surface area contributed by atoms with Crippen molar-refractivity contribution in [1.29, 1.82) is 0 Å². The van der Waals surface area contributed by atoms with Gasteiger partial charge in [0.25, 0.3) is 11.7 Å². The fraction of sp³-hybridized carbons (Fsp3) is 0.421. The summed E-state index contributed by atoms with van der Waals surface area (Å²) >= 11 is 6.17. The lowest BCUT2D eigenvalue weighted by molar-refractivity contribution is -0.222. The van der Waals surface area contributed by atoms with Gasteiger partial charge < -0.3 is 19.7 Å². The van der Waals surface area contributed by atoms with Crippen molar-refractivity contribution in [2.45, 2.75) is 38.9 Å². The van der Waals surface area contributed by atoms with Crippen molar-refractivity contribution in [3.8, 4) is 0 Å². The number of nitrogens with one attached hydrogen (secondary N) is 1. The maximum atomic E-state index is 12.6. The largest absolute Gasteiger partial charge is 0.419 e. The van der Waals surface area contributed by atoms with E-state index in [4.69, 9.17) is 21.1 Å². The summed E-state index contributed by atoms with van der Waals surface area (Å²) in [6.45, 7) is 4.42. The molecule has 0 atom stereocenters. The van der Waals surface area contributed by atoms with E-state index in [1.54, 1.807) is 18.2 Å². The summed E-state index contributed by atoms with van der Waals surface area (Å²) in [7, 11) is 0. The van der Waals surface area contributed by atoms with Gasteiger partial charge in [0.05, 0.1) is 10.7 Å². The number of cyclic esters (lactones) is 2. The minimum atomic E-state index is -1.30. The summed E-state index contributed by atoms with van der Waals surface area (Å²) < 4.78 is 10.1. The summed E-state index contributed by atoms with van der Waals surface area (Å²) in [5.74, 6) is -2.95. The van der Waals surface area contributed by atoms with Crippen LogP contribution >= 0.6 is 11.6 Å². The molecule has 1 aromatic rings. The second-order valence-corrected chi connectivity index (χ2v) is 7.34. The summed E-state index contributed by atoms with van der Waals surface area (Å²) in [5, 5.41) is 3.15. The van der Waals surface area contributed by atoms with E-state index in [9.17, 15) is 14.4 Å². The van der Waals surface area contributed by atoms with Crippen LogP contribution in [-0.4, -0.2) is 41.6 Å². The number of benzene rings is 1. The van der Waals surface area contributed by atoms with E-state index in [2.05, 4.69) is 5.32 Å². The Morgan fingerprint density at radius 1 is 1.15 bits per heavy atom. The molecule has 144 valence electrons. The second kappa shape index (κ2) is 7.60. The number of hydrogen-bond donors (Lipinski definition) is 1. The van der Waals surface area contributed by atoms with E-state index in [1.165, 1.54) is 20.0 Å². The number of nitrogens with zero attached hydrogens (tertiary/aromatic N) is 1. The number of esters is 2. The molecule has 2 saturated heterocycles. The van der Waals surface area contributed by atoms with Gasteiger partial charge in [-0.05, 0) is 37.5 Å². The van der Waals surface area contributed by atoms with Crippen LogP contribution in [0.25, 0.3) is 0 Å². The Balaban J connectivity index is 1.78. The molecular weight excluding hydrogens is 372 g/mol. The molecule has 2 aliphatic rings. The van der Waals surface area contributed by atoms with Crippen LogP contribution in [0, 0.1) is 0 Å². The maximum Gasteiger partial charge on any atom is 0.350 e. The zero-order valence-electron chi connectivity index (χ0n) is 15.2. The van der Waals surface area contributed by atoms with E-state index in [0.717, 1.165) is 32.4 Å². The molecule has 0 aromatic heterocycles. The van der Waals surface area contributed by atoms with Crippen LogP contribution in [0.2, 0.25) is 5.02 Å². The molecule has 0 bridgehead atoms. The van der Waals surface area contributed by atoms with Crippen molar-refractivity contribution in [2.75, 3.05) is 18.4 Å². The summed E-state index contributed by atoms with van der Waals surface area (Å²) in [6, 6.07) is 4.85. The number of halogens is 1. The van der Waals surface area contributed by atoms with E-state index in [0.29, 0.717) is 16.3 Å².